The molecule has 0 bridgehead atoms. The van der Waals surface area contributed by atoms with Gasteiger partial charge in [-0.15, -0.1) is 0 Å². The van der Waals surface area contributed by atoms with Gasteiger partial charge in [-0.05, 0) is 31.5 Å². The molecule has 1 N–H and O–H groups in total. The monoisotopic (exact) mass is 297 g/mol. The highest BCUT2D eigenvalue weighted by atomic mass is 35.5. The maximum absolute atomic E-state index is 11.1. The van der Waals surface area contributed by atoms with Crippen LogP contribution in [0.1, 0.15) is 46.0 Å². The fourth-order valence-electron chi connectivity index (χ4n) is 2.32. The number of rotatable bonds is 9. The third kappa shape index (κ3) is 5.83. The van der Waals surface area contributed by atoms with E-state index in [0.29, 0.717) is 5.02 Å². The molecule has 0 heterocycles. The number of unbranched alkanes of at least 4 members (excludes halogenated alkanes) is 3. The summed E-state index contributed by atoms with van der Waals surface area (Å²) in [5, 5.41) is 9.73. The van der Waals surface area contributed by atoms with Crippen LogP contribution in [0.4, 0.5) is 5.69 Å². The molecule has 1 rings (SSSR count). The van der Waals surface area contributed by atoms with Crippen molar-refractivity contribution in [1.82, 2.24) is 0 Å². The van der Waals surface area contributed by atoms with Crippen LogP contribution in [0.15, 0.2) is 24.3 Å². The molecule has 0 aliphatic carbocycles. The fourth-order valence-corrected chi connectivity index (χ4v) is 2.51. The summed E-state index contributed by atoms with van der Waals surface area (Å²) in [4.78, 5) is 13.0. The average molecular weight is 298 g/mol. The van der Waals surface area contributed by atoms with Gasteiger partial charge >= 0.3 is 5.97 Å². The fraction of sp³-hybridized carbons (Fsp3) is 0.562. The van der Waals surface area contributed by atoms with Gasteiger partial charge in [0.2, 0.25) is 0 Å². The Bertz CT molecular complexity index is 423. The number of hydrogen-bond acceptors (Lipinski definition) is 2. The predicted octanol–water partition coefficient (Wildman–Crippen LogP) is 4.59. The Labute approximate surface area is 126 Å². The second kappa shape index (κ2) is 8.85. The molecular weight excluding hydrogens is 274 g/mol. The lowest BCUT2D eigenvalue weighted by atomic mass is 10.1. The number of carboxylic acids is 1. The Kier molecular flexibility index (Phi) is 7.45. The van der Waals surface area contributed by atoms with Gasteiger partial charge in [-0.25, -0.2) is 0 Å². The minimum atomic E-state index is -0.814. The van der Waals surface area contributed by atoms with Gasteiger partial charge in [-0.1, -0.05) is 50.3 Å². The van der Waals surface area contributed by atoms with E-state index in [2.05, 4.69) is 13.8 Å². The molecule has 0 aromatic heterocycles. The molecule has 1 aromatic carbocycles. The van der Waals surface area contributed by atoms with Crippen LogP contribution in [0.2, 0.25) is 5.02 Å². The Morgan fingerprint density at radius 1 is 1.35 bits per heavy atom. The van der Waals surface area contributed by atoms with Crippen molar-refractivity contribution in [1.29, 1.82) is 0 Å². The molecule has 1 aromatic rings. The summed E-state index contributed by atoms with van der Waals surface area (Å²) in [6.07, 6.45) is 5.78. The highest BCUT2D eigenvalue weighted by Gasteiger charge is 2.17. The lowest BCUT2D eigenvalue weighted by molar-refractivity contribution is -0.135. The lowest BCUT2D eigenvalue weighted by Crippen LogP contribution is -2.37. The third-order valence-electron chi connectivity index (χ3n) is 3.45. The smallest absolute Gasteiger partial charge is 0.323 e. The van der Waals surface area contributed by atoms with Crippen molar-refractivity contribution in [2.45, 2.75) is 52.0 Å². The molecule has 4 heteroatoms. The van der Waals surface area contributed by atoms with Crippen LogP contribution in [0.25, 0.3) is 0 Å². The van der Waals surface area contributed by atoms with Gasteiger partial charge < -0.3 is 10.0 Å². The van der Waals surface area contributed by atoms with Crippen LogP contribution in [0.5, 0.6) is 0 Å². The first-order valence-electron chi connectivity index (χ1n) is 7.28. The number of benzene rings is 1. The van der Waals surface area contributed by atoms with Crippen molar-refractivity contribution >= 4 is 23.3 Å². The first kappa shape index (κ1) is 16.8. The maximum atomic E-state index is 11.1. The molecule has 112 valence electrons. The molecule has 20 heavy (non-hydrogen) atoms. The molecule has 0 fully saturated rings. The van der Waals surface area contributed by atoms with Crippen LogP contribution in [-0.2, 0) is 4.79 Å². The first-order valence-corrected chi connectivity index (χ1v) is 7.66. The van der Waals surface area contributed by atoms with Crippen LogP contribution in [-0.4, -0.2) is 23.7 Å². The Morgan fingerprint density at radius 3 is 2.70 bits per heavy atom. The molecule has 3 nitrogen and oxygen atoms in total. The predicted molar refractivity (Wildman–Crippen MR) is 84.7 cm³/mol. The van der Waals surface area contributed by atoms with Crippen LogP contribution < -0.4 is 4.90 Å². The van der Waals surface area contributed by atoms with Gasteiger partial charge in [-0.3, -0.25) is 4.79 Å². The first-order chi connectivity index (χ1) is 9.54. The van der Waals surface area contributed by atoms with E-state index in [1.165, 1.54) is 19.3 Å². The zero-order chi connectivity index (χ0) is 15.0. The van der Waals surface area contributed by atoms with E-state index in [0.717, 1.165) is 18.5 Å². The summed E-state index contributed by atoms with van der Waals surface area (Å²) in [6.45, 7) is 4.28. The molecule has 0 radical (unpaired) electrons. The molecule has 1 unspecified atom stereocenters. The van der Waals surface area contributed by atoms with Crippen molar-refractivity contribution in [2.24, 2.45) is 0 Å². The van der Waals surface area contributed by atoms with Crippen molar-refractivity contribution in [3.05, 3.63) is 29.3 Å². The van der Waals surface area contributed by atoms with E-state index in [1.54, 1.807) is 6.07 Å². The number of aliphatic carboxylic acids is 1. The number of halogens is 1. The quantitative estimate of drug-likeness (QED) is 0.678. The largest absolute Gasteiger partial charge is 0.480 e. The van der Waals surface area contributed by atoms with Gasteiger partial charge in [0.1, 0.15) is 6.54 Å². The van der Waals surface area contributed by atoms with E-state index in [1.807, 2.05) is 23.1 Å². The molecule has 0 saturated heterocycles. The van der Waals surface area contributed by atoms with Gasteiger partial charge in [0, 0.05) is 16.8 Å². The molecule has 0 saturated carbocycles. The zero-order valence-corrected chi connectivity index (χ0v) is 13.1. The summed E-state index contributed by atoms with van der Waals surface area (Å²) >= 11 is 6.00. The van der Waals surface area contributed by atoms with Crippen LogP contribution >= 0.6 is 11.6 Å². The highest BCUT2D eigenvalue weighted by molar-refractivity contribution is 6.30. The number of anilines is 1. The normalized spacial score (nSPS) is 12.2. The standard InChI is InChI=1S/C16H24ClNO2/c1-3-4-5-6-8-13(2)18(12-16(19)20)15-10-7-9-14(17)11-15/h7,9-11,13H,3-6,8,12H2,1-2H3,(H,19,20). The molecule has 0 amide bonds. The highest BCUT2D eigenvalue weighted by Crippen LogP contribution is 2.23. The lowest BCUT2D eigenvalue weighted by Gasteiger charge is -2.30. The third-order valence-corrected chi connectivity index (χ3v) is 3.69. The van der Waals surface area contributed by atoms with Gasteiger partial charge in [0.25, 0.3) is 0 Å². The molecule has 0 spiro atoms. The Balaban J connectivity index is 2.70. The summed E-state index contributed by atoms with van der Waals surface area (Å²) in [5.74, 6) is -0.814. The summed E-state index contributed by atoms with van der Waals surface area (Å²) in [5.41, 5.74) is 0.878. The molecule has 0 aliphatic heterocycles. The second-order valence-electron chi connectivity index (χ2n) is 5.20. The SMILES string of the molecule is CCCCCCC(C)N(CC(=O)O)c1cccc(Cl)c1. The number of hydrogen-bond donors (Lipinski definition) is 1. The summed E-state index contributed by atoms with van der Waals surface area (Å²) in [7, 11) is 0. The van der Waals surface area contributed by atoms with Crippen LogP contribution in [0, 0.1) is 0 Å². The molecular formula is C16H24ClNO2. The second-order valence-corrected chi connectivity index (χ2v) is 5.64. The van der Waals surface area contributed by atoms with Gasteiger partial charge in [0.15, 0.2) is 0 Å². The number of carbonyl (C=O) groups is 1. The topological polar surface area (TPSA) is 40.5 Å². The van der Waals surface area contributed by atoms with Gasteiger partial charge in [-0.2, -0.15) is 0 Å². The van der Waals surface area contributed by atoms with E-state index in [-0.39, 0.29) is 12.6 Å². The average Bonchev–Trinajstić information content (AvgIpc) is 2.40. The zero-order valence-electron chi connectivity index (χ0n) is 12.3. The van der Waals surface area contributed by atoms with Crippen molar-refractivity contribution in [3.8, 4) is 0 Å². The van der Waals surface area contributed by atoms with Crippen molar-refractivity contribution < 1.29 is 9.90 Å². The number of nitrogens with zero attached hydrogens (tertiary/aromatic N) is 1. The van der Waals surface area contributed by atoms with Crippen molar-refractivity contribution in [2.75, 3.05) is 11.4 Å². The van der Waals surface area contributed by atoms with E-state index >= 15 is 0 Å². The Morgan fingerprint density at radius 2 is 2.10 bits per heavy atom. The van der Waals surface area contributed by atoms with Crippen molar-refractivity contribution in [3.63, 3.8) is 0 Å². The minimum absolute atomic E-state index is 0.00921. The summed E-state index contributed by atoms with van der Waals surface area (Å²) in [6, 6.07) is 7.60. The van der Waals surface area contributed by atoms with Crippen LogP contribution in [0.3, 0.4) is 0 Å². The summed E-state index contributed by atoms with van der Waals surface area (Å²) < 4.78 is 0. The minimum Gasteiger partial charge on any atom is -0.480 e. The number of carboxylic acid groups (broad SMARTS) is 1. The molecule has 0 aliphatic rings. The maximum Gasteiger partial charge on any atom is 0.323 e. The van der Waals surface area contributed by atoms with E-state index in [9.17, 15) is 4.79 Å². The van der Waals surface area contributed by atoms with Gasteiger partial charge in [0.05, 0.1) is 0 Å². The molecule has 1 atom stereocenters. The Hall–Kier alpha value is -1.22. The van der Waals surface area contributed by atoms with E-state index in [4.69, 9.17) is 16.7 Å². The van der Waals surface area contributed by atoms with E-state index < -0.39 is 5.97 Å².